The second-order valence-corrected chi connectivity index (χ2v) is 9.15. The molecule has 0 aromatic heterocycles. The van der Waals surface area contributed by atoms with Gasteiger partial charge in [-0.05, 0) is 42.7 Å². The van der Waals surface area contributed by atoms with Crippen LogP contribution in [0.1, 0.15) is 34.3 Å². The summed E-state index contributed by atoms with van der Waals surface area (Å²) in [6, 6.07) is 18.7. The van der Waals surface area contributed by atoms with Crippen molar-refractivity contribution in [2.75, 3.05) is 26.2 Å². The molecule has 3 amide bonds. The van der Waals surface area contributed by atoms with Crippen LogP contribution in [0.5, 0.6) is 0 Å². The standard InChI is InChI=1S/C26H26N4O3/c27-14-18-6-8-20(9-7-18)24(31)29-12-10-21(11-13-29)30-25(32)22-16-28(17-23(22)26(30)33)15-19-4-2-1-3-5-19/h1-9,21-23H,10-13,15-17H2. The normalized spacial score (nSPS) is 23.6. The molecule has 3 fully saturated rings. The van der Waals surface area contributed by atoms with Crippen LogP contribution in [-0.4, -0.2) is 64.6 Å². The lowest BCUT2D eigenvalue weighted by atomic mass is 10.00. The van der Waals surface area contributed by atoms with Gasteiger partial charge in [-0.25, -0.2) is 0 Å². The third-order valence-corrected chi connectivity index (χ3v) is 7.13. The van der Waals surface area contributed by atoms with Crippen LogP contribution in [0.25, 0.3) is 0 Å². The Hall–Kier alpha value is -3.50. The Morgan fingerprint density at radius 2 is 1.52 bits per heavy atom. The van der Waals surface area contributed by atoms with Crippen LogP contribution in [-0.2, 0) is 16.1 Å². The molecule has 3 saturated heterocycles. The minimum Gasteiger partial charge on any atom is -0.338 e. The van der Waals surface area contributed by atoms with E-state index < -0.39 is 0 Å². The summed E-state index contributed by atoms with van der Waals surface area (Å²) >= 11 is 0. The molecule has 0 N–H and O–H groups in total. The number of amides is 3. The number of imide groups is 1. The van der Waals surface area contributed by atoms with Gasteiger partial charge in [-0.1, -0.05) is 30.3 Å². The Kier molecular flexibility index (Phi) is 5.69. The van der Waals surface area contributed by atoms with Crippen LogP contribution in [0.3, 0.4) is 0 Å². The van der Waals surface area contributed by atoms with Gasteiger partial charge >= 0.3 is 0 Å². The van der Waals surface area contributed by atoms with Crippen molar-refractivity contribution < 1.29 is 14.4 Å². The first-order valence-corrected chi connectivity index (χ1v) is 11.5. The predicted molar refractivity (Wildman–Crippen MR) is 121 cm³/mol. The fourth-order valence-corrected chi connectivity index (χ4v) is 5.38. The molecule has 2 unspecified atom stereocenters. The SMILES string of the molecule is N#Cc1ccc(C(=O)N2CCC(N3C(=O)C4CN(Cc5ccccc5)CC4C3=O)CC2)cc1. The summed E-state index contributed by atoms with van der Waals surface area (Å²) in [5, 5.41) is 8.92. The van der Waals surface area contributed by atoms with Gasteiger partial charge in [-0.2, -0.15) is 5.26 Å². The Labute approximate surface area is 193 Å². The molecule has 0 saturated carbocycles. The van der Waals surface area contributed by atoms with Gasteiger partial charge in [0.2, 0.25) is 11.8 Å². The molecule has 0 aliphatic carbocycles. The molecular formula is C26H26N4O3. The minimum atomic E-state index is -0.250. The van der Waals surface area contributed by atoms with Crippen molar-refractivity contribution in [1.82, 2.24) is 14.7 Å². The Morgan fingerprint density at radius 3 is 2.09 bits per heavy atom. The smallest absolute Gasteiger partial charge is 0.253 e. The quantitative estimate of drug-likeness (QED) is 0.679. The van der Waals surface area contributed by atoms with Crippen molar-refractivity contribution in [3.05, 3.63) is 71.3 Å². The van der Waals surface area contributed by atoms with Gasteiger partial charge in [-0.15, -0.1) is 0 Å². The minimum absolute atomic E-state index is 0.0440. The zero-order valence-electron chi connectivity index (χ0n) is 18.4. The highest BCUT2D eigenvalue weighted by Crippen LogP contribution is 2.37. The molecule has 3 heterocycles. The Bertz CT molecular complexity index is 1080. The molecule has 7 heteroatoms. The summed E-state index contributed by atoms with van der Waals surface area (Å²) in [5.41, 5.74) is 2.26. The zero-order valence-corrected chi connectivity index (χ0v) is 18.4. The molecule has 3 aliphatic heterocycles. The van der Waals surface area contributed by atoms with Crippen LogP contribution in [0.2, 0.25) is 0 Å². The number of hydrogen-bond donors (Lipinski definition) is 0. The number of carbonyl (C=O) groups is 3. The molecule has 2 aromatic carbocycles. The Balaban J connectivity index is 1.18. The number of piperidine rings is 1. The van der Waals surface area contributed by atoms with Gasteiger partial charge in [0.1, 0.15) is 0 Å². The first-order chi connectivity index (χ1) is 16.0. The first-order valence-electron chi connectivity index (χ1n) is 11.5. The van der Waals surface area contributed by atoms with Gasteiger partial charge in [0, 0.05) is 44.3 Å². The lowest BCUT2D eigenvalue weighted by Gasteiger charge is -2.36. The second kappa shape index (κ2) is 8.80. The first kappa shape index (κ1) is 21.4. The molecule has 7 nitrogen and oxygen atoms in total. The van der Waals surface area contributed by atoms with Gasteiger partial charge in [-0.3, -0.25) is 24.2 Å². The third-order valence-electron chi connectivity index (χ3n) is 7.13. The maximum Gasteiger partial charge on any atom is 0.253 e. The highest BCUT2D eigenvalue weighted by atomic mass is 16.2. The van der Waals surface area contributed by atoms with Gasteiger partial charge < -0.3 is 4.90 Å². The molecule has 2 atom stereocenters. The third kappa shape index (κ3) is 4.03. The zero-order chi connectivity index (χ0) is 22.9. The summed E-state index contributed by atoms with van der Waals surface area (Å²) in [6.45, 7) is 3.02. The van der Waals surface area contributed by atoms with E-state index in [0.717, 1.165) is 6.54 Å². The van der Waals surface area contributed by atoms with E-state index in [4.69, 9.17) is 5.26 Å². The predicted octanol–water partition coefficient (Wildman–Crippen LogP) is 2.28. The monoisotopic (exact) mass is 442 g/mol. The van der Waals surface area contributed by atoms with E-state index in [1.54, 1.807) is 29.2 Å². The number of nitrogens with zero attached hydrogens (tertiary/aromatic N) is 4. The molecule has 3 aliphatic rings. The Morgan fingerprint density at radius 1 is 0.909 bits per heavy atom. The highest BCUT2D eigenvalue weighted by molar-refractivity contribution is 6.06. The largest absolute Gasteiger partial charge is 0.338 e. The number of fused-ring (bicyclic) bond motifs is 1. The van der Waals surface area contributed by atoms with Gasteiger partial charge in [0.05, 0.1) is 23.5 Å². The molecule has 5 rings (SSSR count). The number of likely N-dealkylation sites (tertiary alicyclic amines) is 3. The van der Waals surface area contributed by atoms with Crippen LogP contribution in [0.4, 0.5) is 0 Å². The maximum atomic E-state index is 13.2. The summed E-state index contributed by atoms with van der Waals surface area (Å²) in [4.78, 5) is 44.6. The molecule has 168 valence electrons. The molecular weight excluding hydrogens is 416 g/mol. The lowest BCUT2D eigenvalue weighted by molar-refractivity contribution is -0.144. The van der Waals surface area contributed by atoms with Crippen molar-refractivity contribution in [3.8, 4) is 6.07 Å². The molecule has 2 aromatic rings. The molecule has 33 heavy (non-hydrogen) atoms. The van der Waals surface area contributed by atoms with Crippen molar-refractivity contribution in [2.24, 2.45) is 11.8 Å². The number of rotatable bonds is 4. The summed E-state index contributed by atoms with van der Waals surface area (Å²) < 4.78 is 0. The number of benzene rings is 2. The van der Waals surface area contributed by atoms with E-state index in [2.05, 4.69) is 23.1 Å². The second-order valence-electron chi connectivity index (χ2n) is 9.15. The number of nitriles is 1. The topological polar surface area (TPSA) is 84.7 Å². The fourth-order valence-electron chi connectivity index (χ4n) is 5.38. The van der Waals surface area contributed by atoms with E-state index in [-0.39, 0.29) is 35.6 Å². The lowest BCUT2D eigenvalue weighted by Crippen LogP contribution is -2.50. The van der Waals surface area contributed by atoms with Crippen LogP contribution in [0, 0.1) is 23.2 Å². The average molecular weight is 443 g/mol. The fraction of sp³-hybridized carbons (Fsp3) is 0.385. The van der Waals surface area contributed by atoms with Crippen molar-refractivity contribution in [1.29, 1.82) is 5.26 Å². The molecule has 0 spiro atoms. The molecule has 0 bridgehead atoms. The van der Waals surface area contributed by atoms with Gasteiger partial charge in [0.15, 0.2) is 0 Å². The van der Waals surface area contributed by atoms with Crippen molar-refractivity contribution in [2.45, 2.75) is 25.4 Å². The van der Waals surface area contributed by atoms with E-state index in [1.165, 1.54) is 10.5 Å². The van der Waals surface area contributed by atoms with Crippen LogP contribution in [0.15, 0.2) is 54.6 Å². The molecule has 0 radical (unpaired) electrons. The van der Waals surface area contributed by atoms with E-state index in [1.807, 2.05) is 18.2 Å². The summed E-state index contributed by atoms with van der Waals surface area (Å²) in [5.74, 6) is -0.667. The highest BCUT2D eigenvalue weighted by Gasteiger charge is 2.54. The van der Waals surface area contributed by atoms with Crippen LogP contribution >= 0.6 is 0 Å². The van der Waals surface area contributed by atoms with E-state index in [0.29, 0.717) is 50.1 Å². The van der Waals surface area contributed by atoms with Gasteiger partial charge in [0.25, 0.3) is 5.91 Å². The van der Waals surface area contributed by atoms with E-state index >= 15 is 0 Å². The average Bonchev–Trinajstić information content (AvgIpc) is 3.37. The van der Waals surface area contributed by atoms with Crippen molar-refractivity contribution in [3.63, 3.8) is 0 Å². The summed E-state index contributed by atoms with van der Waals surface area (Å²) in [6.07, 6.45) is 1.21. The van der Waals surface area contributed by atoms with Crippen LogP contribution < -0.4 is 0 Å². The van der Waals surface area contributed by atoms with Crippen molar-refractivity contribution >= 4 is 17.7 Å². The number of hydrogen-bond acceptors (Lipinski definition) is 5. The maximum absolute atomic E-state index is 13.2. The number of carbonyl (C=O) groups excluding carboxylic acids is 3. The summed E-state index contributed by atoms with van der Waals surface area (Å²) in [7, 11) is 0. The van der Waals surface area contributed by atoms with E-state index in [9.17, 15) is 14.4 Å².